The molecule has 0 spiro atoms. The average molecular weight is 705 g/mol. The van der Waals surface area contributed by atoms with Gasteiger partial charge in [0.15, 0.2) is 12.3 Å². The van der Waals surface area contributed by atoms with E-state index in [0.717, 1.165) is 57.3 Å². The molecule has 276 valence electrons. The standard InChI is InChI=1S/C38H62N3O7S/c1-4-5-6-7-8-9-10-11-12-13-14-15-18-21-34-27-37(39-48-34)44-30-36(46-38-26-32(2)47-40-38)29-43-28-35(45-33(3)42)22-19-16-17-20-23-41-24-25-49-31-41/h24-27,31,35-36H,4-23,28-30H2,1-3H3/q+1. The van der Waals surface area contributed by atoms with Gasteiger partial charge in [0.2, 0.25) is 5.51 Å². The Bertz CT molecular complexity index is 1220. The van der Waals surface area contributed by atoms with E-state index in [2.05, 4.69) is 38.9 Å². The van der Waals surface area contributed by atoms with Crippen molar-refractivity contribution in [2.24, 2.45) is 0 Å². The van der Waals surface area contributed by atoms with E-state index in [4.69, 9.17) is 28.0 Å². The predicted molar refractivity (Wildman–Crippen MR) is 191 cm³/mol. The Balaban J connectivity index is 1.31. The first-order valence-electron chi connectivity index (χ1n) is 18.9. The minimum atomic E-state index is -0.488. The van der Waals surface area contributed by atoms with Crippen LogP contribution in [-0.2, 0) is 27.2 Å². The van der Waals surface area contributed by atoms with Gasteiger partial charge in [-0.15, -0.1) is 0 Å². The fourth-order valence-corrected chi connectivity index (χ4v) is 6.44. The predicted octanol–water partition coefficient (Wildman–Crippen LogP) is 9.38. The molecule has 0 aliphatic rings. The van der Waals surface area contributed by atoms with E-state index in [1.165, 1.54) is 84.0 Å². The summed E-state index contributed by atoms with van der Waals surface area (Å²) < 4.78 is 36.4. The van der Waals surface area contributed by atoms with Gasteiger partial charge in [-0.3, -0.25) is 4.79 Å². The topological polar surface area (TPSA) is 110 Å². The van der Waals surface area contributed by atoms with E-state index >= 15 is 0 Å². The summed E-state index contributed by atoms with van der Waals surface area (Å²) in [4.78, 5) is 11.8. The number of aromatic nitrogens is 3. The fourth-order valence-electron chi connectivity index (χ4n) is 5.81. The monoisotopic (exact) mass is 704 g/mol. The summed E-state index contributed by atoms with van der Waals surface area (Å²) in [6.07, 6.45) is 24.5. The van der Waals surface area contributed by atoms with Crippen molar-refractivity contribution < 1.29 is 37.4 Å². The molecule has 3 heterocycles. The van der Waals surface area contributed by atoms with Crippen molar-refractivity contribution in [1.82, 2.24) is 10.3 Å². The molecule has 0 N–H and O–H groups in total. The Morgan fingerprint density at radius 1 is 0.796 bits per heavy atom. The molecule has 2 atom stereocenters. The Hall–Kier alpha value is -2.92. The van der Waals surface area contributed by atoms with E-state index in [1.807, 2.05) is 6.07 Å². The first-order valence-corrected chi connectivity index (χ1v) is 19.8. The highest BCUT2D eigenvalue weighted by atomic mass is 32.1. The molecule has 3 aromatic heterocycles. The van der Waals surface area contributed by atoms with Crippen LogP contribution in [0.5, 0.6) is 11.8 Å². The third-order valence-corrected chi connectivity index (χ3v) is 9.21. The summed E-state index contributed by atoms with van der Waals surface area (Å²) in [5, 5.41) is 10.1. The third-order valence-electron chi connectivity index (χ3n) is 8.53. The Labute approximate surface area is 298 Å². The van der Waals surface area contributed by atoms with Gasteiger partial charge in [0, 0.05) is 31.9 Å². The SMILES string of the molecule is CCCCCCCCCCCCCCCc1cc(OCC(COCC(CCCCCC[n+]2ccsc2)OC(C)=O)Oc2cc(C)on2)no1. The summed E-state index contributed by atoms with van der Waals surface area (Å²) in [5.74, 6) is 1.94. The minimum Gasteiger partial charge on any atom is -0.471 e. The van der Waals surface area contributed by atoms with Crippen LogP contribution in [0.1, 0.15) is 141 Å². The fraction of sp³-hybridized carbons (Fsp3) is 0.737. The van der Waals surface area contributed by atoms with Crippen LogP contribution in [0, 0.1) is 6.92 Å². The van der Waals surface area contributed by atoms with Crippen LogP contribution < -0.4 is 14.0 Å². The van der Waals surface area contributed by atoms with Crippen molar-refractivity contribution in [3.8, 4) is 11.8 Å². The first kappa shape index (κ1) is 40.5. The summed E-state index contributed by atoms with van der Waals surface area (Å²) in [6, 6.07) is 3.57. The maximum atomic E-state index is 11.8. The van der Waals surface area contributed by atoms with E-state index in [-0.39, 0.29) is 31.9 Å². The van der Waals surface area contributed by atoms with E-state index in [0.29, 0.717) is 17.5 Å². The maximum Gasteiger partial charge on any atom is 0.302 e. The molecule has 0 aromatic carbocycles. The summed E-state index contributed by atoms with van der Waals surface area (Å²) >= 11 is 1.71. The molecule has 0 bridgehead atoms. The van der Waals surface area contributed by atoms with Crippen molar-refractivity contribution in [3.63, 3.8) is 0 Å². The number of ether oxygens (including phenoxy) is 4. The lowest BCUT2D eigenvalue weighted by Gasteiger charge is -2.20. The van der Waals surface area contributed by atoms with Gasteiger partial charge in [0.25, 0.3) is 11.8 Å². The molecule has 49 heavy (non-hydrogen) atoms. The largest absolute Gasteiger partial charge is 0.471 e. The number of thiazole rings is 1. The quantitative estimate of drug-likeness (QED) is 0.0368. The van der Waals surface area contributed by atoms with E-state index < -0.39 is 6.10 Å². The van der Waals surface area contributed by atoms with Crippen molar-refractivity contribution in [1.29, 1.82) is 0 Å². The lowest BCUT2D eigenvalue weighted by molar-refractivity contribution is -0.692. The van der Waals surface area contributed by atoms with Crippen molar-refractivity contribution in [2.45, 2.75) is 162 Å². The van der Waals surface area contributed by atoms with Gasteiger partial charge >= 0.3 is 5.97 Å². The Morgan fingerprint density at radius 3 is 2.10 bits per heavy atom. The molecule has 0 saturated heterocycles. The van der Waals surface area contributed by atoms with Gasteiger partial charge in [0.05, 0.1) is 18.6 Å². The number of esters is 1. The number of rotatable bonds is 31. The van der Waals surface area contributed by atoms with E-state index in [9.17, 15) is 4.79 Å². The Morgan fingerprint density at radius 2 is 1.45 bits per heavy atom. The number of nitrogens with zero attached hydrogens (tertiary/aromatic N) is 3. The lowest BCUT2D eigenvalue weighted by Crippen LogP contribution is -2.32. The average Bonchev–Trinajstić information content (AvgIpc) is 3.86. The van der Waals surface area contributed by atoms with Crippen LogP contribution in [-0.4, -0.2) is 48.3 Å². The van der Waals surface area contributed by atoms with Gasteiger partial charge < -0.3 is 28.0 Å². The zero-order valence-electron chi connectivity index (χ0n) is 30.4. The molecule has 0 radical (unpaired) electrons. The molecule has 2 unspecified atom stereocenters. The number of hydrogen-bond acceptors (Lipinski definition) is 10. The van der Waals surface area contributed by atoms with Crippen LogP contribution in [0.3, 0.4) is 0 Å². The number of aryl methyl sites for hydroxylation is 3. The highest BCUT2D eigenvalue weighted by Gasteiger charge is 2.19. The van der Waals surface area contributed by atoms with Crippen molar-refractivity contribution >= 4 is 17.3 Å². The van der Waals surface area contributed by atoms with Gasteiger partial charge in [-0.2, -0.15) is 4.57 Å². The molecular formula is C38H62N3O7S+. The van der Waals surface area contributed by atoms with Crippen LogP contribution in [0.15, 0.2) is 38.3 Å². The van der Waals surface area contributed by atoms with Crippen molar-refractivity contribution in [2.75, 3.05) is 19.8 Å². The molecule has 3 aromatic rings. The van der Waals surface area contributed by atoms with Crippen molar-refractivity contribution in [3.05, 3.63) is 40.7 Å². The van der Waals surface area contributed by atoms with Crippen LogP contribution in [0.2, 0.25) is 0 Å². The lowest BCUT2D eigenvalue weighted by atomic mass is 10.0. The number of hydrogen-bond donors (Lipinski definition) is 0. The second-order valence-corrected chi connectivity index (χ2v) is 13.9. The highest BCUT2D eigenvalue weighted by molar-refractivity contribution is 7.07. The zero-order chi connectivity index (χ0) is 34.8. The molecule has 0 aliphatic heterocycles. The molecule has 0 aliphatic carbocycles. The molecule has 0 amide bonds. The molecule has 0 fully saturated rings. The summed E-state index contributed by atoms with van der Waals surface area (Å²) in [7, 11) is 0. The second-order valence-electron chi connectivity index (χ2n) is 13.2. The molecular weight excluding hydrogens is 642 g/mol. The zero-order valence-corrected chi connectivity index (χ0v) is 31.2. The highest BCUT2D eigenvalue weighted by Crippen LogP contribution is 2.18. The molecule has 10 nitrogen and oxygen atoms in total. The first-order chi connectivity index (χ1) is 24.0. The number of carbonyl (C=O) groups excluding carboxylic acids is 1. The normalized spacial score (nSPS) is 12.6. The molecule has 3 rings (SSSR count). The van der Waals surface area contributed by atoms with E-state index in [1.54, 1.807) is 24.3 Å². The van der Waals surface area contributed by atoms with Gasteiger partial charge in [0.1, 0.15) is 30.8 Å². The maximum absolute atomic E-state index is 11.8. The third kappa shape index (κ3) is 19.8. The minimum absolute atomic E-state index is 0.178. The van der Waals surface area contributed by atoms with Gasteiger partial charge in [-0.1, -0.05) is 102 Å². The van der Waals surface area contributed by atoms with Crippen LogP contribution in [0.4, 0.5) is 0 Å². The Kier molecular flexibility index (Phi) is 21.5. The second kappa shape index (κ2) is 26.0. The molecule has 0 saturated carbocycles. The summed E-state index contributed by atoms with van der Waals surface area (Å²) in [5.41, 5.74) is 2.13. The van der Waals surface area contributed by atoms with Gasteiger partial charge in [-0.25, -0.2) is 0 Å². The number of unbranched alkanes of at least 4 members (excludes halogenated alkanes) is 15. The number of carbonyl (C=O) groups is 1. The van der Waals surface area contributed by atoms with Gasteiger partial charge in [-0.05, 0) is 42.9 Å². The summed E-state index contributed by atoms with van der Waals surface area (Å²) in [6.45, 7) is 7.21. The smallest absolute Gasteiger partial charge is 0.302 e. The molecule has 11 heteroatoms. The van der Waals surface area contributed by atoms with Crippen LogP contribution in [0.25, 0.3) is 0 Å². The van der Waals surface area contributed by atoms with Crippen LogP contribution >= 0.6 is 11.3 Å².